The standard InChI is InChI=1S/C34H56O10/c1-17(16-42-31-30(40)29(39)28(38)25(15-35)43-31)8-11-34(41-5)18(2)27-24(44-34)14-23-21-7-6-19-12-20(36)13-26(37)33(19,4)22(21)9-10-32(23,27)3/h6,17-18,20-31,35-40H,7-16H2,1-5H3. The van der Waals surface area contributed by atoms with Crippen molar-refractivity contribution in [3.8, 4) is 0 Å². The van der Waals surface area contributed by atoms with E-state index in [1.165, 1.54) is 5.57 Å². The third kappa shape index (κ3) is 5.06. The highest BCUT2D eigenvalue weighted by Crippen LogP contribution is 2.70. The van der Waals surface area contributed by atoms with Crippen LogP contribution in [0.5, 0.6) is 0 Å². The van der Waals surface area contributed by atoms with Crippen molar-refractivity contribution in [2.75, 3.05) is 20.3 Å². The topological polar surface area (TPSA) is 158 Å². The molecule has 0 aromatic rings. The highest BCUT2D eigenvalue weighted by molar-refractivity contribution is 5.28. The number of fused-ring (bicyclic) bond motifs is 7. The summed E-state index contributed by atoms with van der Waals surface area (Å²) >= 11 is 0. The van der Waals surface area contributed by atoms with Crippen LogP contribution in [0.25, 0.3) is 0 Å². The van der Waals surface area contributed by atoms with E-state index in [0.717, 1.165) is 32.1 Å². The molecule has 252 valence electrons. The molecule has 0 aromatic heterocycles. The Morgan fingerprint density at radius 2 is 1.80 bits per heavy atom. The molecule has 0 amide bonds. The zero-order valence-electron chi connectivity index (χ0n) is 27.0. The van der Waals surface area contributed by atoms with E-state index in [1.807, 2.05) is 0 Å². The number of ether oxygens (including phenoxy) is 4. The first-order chi connectivity index (χ1) is 20.8. The van der Waals surface area contributed by atoms with Gasteiger partial charge in [0.2, 0.25) is 0 Å². The van der Waals surface area contributed by atoms with E-state index in [4.69, 9.17) is 18.9 Å². The lowest BCUT2D eigenvalue weighted by molar-refractivity contribution is -0.303. The van der Waals surface area contributed by atoms with Gasteiger partial charge < -0.3 is 49.6 Å². The minimum Gasteiger partial charge on any atom is -0.394 e. The van der Waals surface area contributed by atoms with Crippen LogP contribution in [0.4, 0.5) is 0 Å². The largest absolute Gasteiger partial charge is 0.394 e. The smallest absolute Gasteiger partial charge is 0.186 e. The van der Waals surface area contributed by atoms with Crippen LogP contribution in [0.2, 0.25) is 0 Å². The number of aliphatic hydroxyl groups is 6. The second-order valence-electron chi connectivity index (χ2n) is 15.7. The lowest BCUT2D eigenvalue weighted by atomic mass is 9.46. The summed E-state index contributed by atoms with van der Waals surface area (Å²) in [5, 5.41) is 61.5. The second-order valence-corrected chi connectivity index (χ2v) is 15.7. The lowest BCUT2D eigenvalue weighted by Crippen LogP contribution is -2.59. The number of hydrogen-bond donors (Lipinski definition) is 6. The zero-order chi connectivity index (χ0) is 31.8. The summed E-state index contributed by atoms with van der Waals surface area (Å²) in [6, 6.07) is 0. The van der Waals surface area contributed by atoms with Crippen LogP contribution in [-0.2, 0) is 18.9 Å². The van der Waals surface area contributed by atoms with E-state index in [2.05, 4.69) is 33.8 Å². The highest BCUT2D eigenvalue weighted by Gasteiger charge is 2.68. The molecule has 0 aromatic carbocycles. The number of rotatable bonds is 8. The summed E-state index contributed by atoms with van der Waals surface area (Å²) in [5.74, 6) is 1.41. The van der Waals surface area contributed by atoms with Crippen molar-refractivity contribution in [3.63, 3.8) is 0 Å². The maximum absolute atomic E-state index is 11.3. The molecule has 44 heavy (non-hydrogen) atoms. The van der Waals surface area contributed by atoms with Crippen LogP contribution in [0, 0.1) is 46.3 Å². The maximum Gasteiger partial charge on any atom is 0.186 e. The van der Waals surface area contributed by atoms with Gasteiger partial charge in [0.25, 0.3) is 0 Å². The lowest BCUT2D eigenvalue weighted by Gasteiger charge is -2.59. The highest BCUT2D eigenvalue weighted by atomic mass is 16.7. The van der Waals surface area contributed by atoms with E-state index in [9.17, 15) is 30.6 Å². The van der Waals surface area contributed by atoms with Gasteiger partial charge >= 0.3 is 0 Å². The fraction of sp³-hybridized carbons (Fsp3) is 0.941. The molecule has 17 atom stereocenters. The van der Waals surface area contributed by atoms with Crippen molar-refractivity contribution < 1.29 is 49.6 Å². The monoisotopic (exact) mass is 624 g/mol. The molecule has 6 rings (SSSR count). The van der Waals surface area contributed by atoms with Crippen molar-refractivity contribution in [1.29, 1.82) is 0 Å². The van der Waals surface area contributed by atoms with Crippen molar-refractivity contribution in [3.05, 3.63) is 11.6 Å². The maximum atomic E-state index is 11.3. The van der Waals surface area contributed by atoms with E-state index in [0.29, 0.717) is 42.9 Å². The van der Waals surface area contributed by atoms with Gasteiger partial charge in [-0.15, -0.1) is 0 Å². The zero-order valence-corrected chi connectivity index (χ0v) is 27.0. The minimum atomic E-state index is -1.46. The Kier molecular flexibility index (Phi) is 9.14. The third-order valence-electron chi connectivity index (χ3n) is 13.6. The Morgan fingerprint density at radius 3 is 2.50 bits per heavy atom. The van der Waals surface area contributed by atoms with Gasteiger partial charge in [-0.1, -0.05) is 39.3 Å². The normalized spacial score (nSPS) is 54.2. The van der Waals surface area contributed by atoms with Gasteiger partial charge in [0.15, 0.2) is 12.1 Å². The number of methoxy groups -OCH3 is 1. The predicted octanol–water partition coefficient (Wildman–Crippen LogP) is 2.12. The van der Waals surface area contributed by atoms with Crippen molar-refractivity contribution in [2.45, 2.75) is 134 Å². The van der Waals surface area contributed by atoms with Crippen molar-refractivity contribution in [2.24, 2.45) is 46.3 Å². The Labute approximate surface area is 261 Å². The molecule has 3 saturated carbocycles. The van der Waals surface area contributed by atoms with E-state index in [1.54, 1.807) is 7.11 Å². The van der Waals surface area contributed by atoms with Crippen LogP contribution in [0.3, 0.4) is 0 Å². The van der Waals surface area contributed by atoms with Gasteiger partial charge in [-0.3, -0.25) is 0 Å². The molecule has 2 heterocycles. The molecule has 10 nitrogen and oxygen atoms in total. The van der Waals surface area contributed by atoms with Crippen molar-refractivity contribution >= 4 is 0 Å². The summed E-state index contributed by atoms with van der Waals surface area (Å²) in [5.41, 5.74) is 1.14. The molecular weight excluding hydrogens is 568 g/mol. The van der Waals surface area contributed by atoms with Crippen LogP contribution >= 0.6 is 0 Å². The van der Waals surface area contributed by atoms with Gasteiger partial charge in [-0.25, -0.2) is 0 Å². The molecule has 0 spiro atoms. The SMILES string of the molecule is COC1(CCC(C)COC2OC(CO)C(O)C(O)C2O)OC2CC3C4CC=C5CC(O)CC(O)C5(C)C4CCC3(C)C2C1C. The first-order valence-electron chi connectivity index (χ1n) is 17.0. The van der Waals surface area contributed by atoms with Crippen molar-refractivity contribution in [1.82, 2.24) is 0 Å². The Morgan fingerprint density at radius 1 is 1.05 bits per heavy atom. The van der Waals surface area contributed by atoms with Crippen LogP contribution in [-0.4, -0.2) is 106 Å². The predicted molar refractivity (Wildman–Crippen MR) is 160 cm³/mol. The molecular formula is C34H56O10. The summed E-state index contributed by atoms with van der Waals surface area (Å²) < 4.78 is 24.5. The molecule has 0 radical (unpaired) electrons. The molecule has 4 aliphatic carbocycles. The third-order valence-corrected chi connectivity index (χ3v) is 13.6. The van der Waals surface area contributed by atoms with Crippen LogP contribution < -0.4 is 0 Å². The van der Waals surface area contributed by atoms with E-state index in [-0.39, 0.29) is 35.4 Å². The molecule has 5 fully saturated rings. The average Bonchev–Trinajstić information content (AvgIpc) is 3.45. The molecule has 10 heteroatoms. The molecule has 2 saturated heterocycles. The fourth-order valence-corrected chi connectivity index (χ4v) is 11.0. The number of aliphatic hydroxyl groups excluding tert-OH is 6. The Hall–Kier alpha value is -0.660. The molecule has 2 aliphatic heterocycles. The van der Waals surface area contributed by atoms with Gasteiger partial charge in [0.05, 0.1) is 31.5 Å². The second kappa shape index (κ2) is 12.1. The average molecular weight is 625 g/mol. The van der Waals surface area contributed by atoms with Crippen LogP contribution in [0.1, 0.15) is 79.1 Å². The Bertz CT molecular complexity index is 1070. The summed E-state index contributed by atoms with van der Waals surface area (Å²) in [6.45, 7) is 8.85. The number of allylic oxidation sites excluding steroid dienone is 1. The molecule has 6 aliphatic rings. The van der Waals surface area contributed by atoms with Gasteiger partial charge in [-0.05, 0) is 73.5 Å². The van der Waals surface area contributed by atoms with Gasteiger partial charge in [0.1, 0.15) is 24.4 Å². The van der Waals surface area contributed by atoms with Gasteiger partial charge in [0, 0.05) is 31.3 Å². The minimum absolute atomic E-state index is 0.0776. The quantitative estimate of drug-likeness (QED) is 0.221. The fourth-order valence-electron chi connectivity index (χ4n) is 11.0. The molecule has 17 unspecified atom stereocenters. The summed E-state index contributed by atoms with van der Waals surface area (Å²) in [7, 11) is 1.75. The van der Waals surface area contributed by atoms with E-state index < -0.39 is 55.3 Å². The first kappa shape index (κ1) is 33.2. The summed E-state index contributed by atoms with van der Waals surface area (Å²) in [6.07, 6.45) is 1.95. The molecule has 0 bridgehead atoms. The number of hydrogen-bond acceptors (Lipinski definition) is 10. The molecule has 6 N–H and O–H groups in total. The van der Waals surface area contributed by atoms with Gasteiger partial charge in [-0.2, -0.15) is 0 Å². The Balaban J connectivity index is 1.10. The van der Waals surface area contributed by atoms with Crippen LogP contribution in [0.15, 0.2) is 11.6 Å². The van der Waals surface area contributed by atoms with E-state index >= 15 is 0 Å². The summed E-state index contributed by atoms with van der Waals surface area (Å²) in [4.78, 5) is 0. The first-order valence-corrected chi connectivity index (χ1v) is 17.0.